The molecule has 0 radical (unpaired) electrons. The van der Waals surface area contributed by atoms with Crippen molar-refractivity contribution in [3.8, 4) is 0 Å². The summed E-state index contributed by atoms with van der Waals surface area (Å²) in [5, 5.41) is 0.509. The molecule has 0 spiro atoms. The highest BCUT2D eigenvalue weighted by molar-refractivity contribution is 6.33. The third-order valence-corrected chi connectivity index (χ3v) is 4.12. The molecule has 1 amide bonds. The predicted octanol–water partition coefficient (Wildman–Crippen LogP) is 4.08. The molecule has 1 saturated carbocycles. The fourth-order valence-corrected chi connectivity index (χ4v) is 3.13. The van der Waals surface area contributed by atoms with Crippen molar-refractivity contribution < 1.29 is 4.79 Å². The normalized spacial score (nSPS) is 15.8. The minimum atomic E-state index is 0.0306. The van der Waals surface area contributed by atoms with Crippen LogP contribution in [-0.4, -0.2) is 28.4 Å². The third-order valence-electron chi connectivity index (χ3n) is 3.81. The molecule has 1 heterocycles. The van der Waals surface area contributed by atoms with Crippen molar-refractivity contribution in [3.63, 3.8) is 0 Å². The first-order valence-corrected chi connectivity index (χ1v) is 7.80. The molecule has 0 unspecified atom stereocenters. The summed E-state index contributed by atoms with van der Waals surface area (Å²) in [5.41, 5.74) is 1.37. The van der Waals surface area contributed by atoms with E-state index in [0.717, 1.165) is 25.1 Å². The van der Waals surface area contributed by atoms with Gasteiger partial charge in [-0.1, -0.05) is 38.3 Å². The zero-order chi connectivity index (χ0) is 14.7. The van der Waals surface area contributed by atoms with Gasteiger partial charge in [0.05, 0.1) is 10.6 Å². The van der Waals surface area contributed by atoms with Crippen LogP contribution in [0, 0.1) is 12.8 Å². The number of nitrogens with zero attached hydrogens (tertiary/aromatic N) is 2. The molecule has 2 rings (SSSR count). The molecule has 20 heavy (non-hydrogen) atoms. The van der Waals surface area contributed by atoms with Crippen molar-refractivity contribution in [1.29, 1.82) is 0 Å². The second kappa shape index (κ2) is 6.57. The summed E-state index contributed by atoms with van der Waals surface area (Å²) >= 11 is 6.22. The Balaban J connectivity index is 2.24. The van der Waals surface area contributed by atoms with Gasteiger partial charge in [-0.25, -0.2) is 0 Å². The maximum absolute atomic E-state index is 12.8. The molecular weight excluding hydrogens is 272 g/mol. The topological polar surface area (TPSA) is 33.2 Å². The SMILES string of the molecule is Cc1cc(Cl)c(C(=O)N(CC(C)C)C2CCCC2)cn1. The van der Waals surface area contributed by atoms with Gasteiger partial charge >= 0.3 is 0 Å². The molecule has 110 valence electrons. The molecule has 0 saturated heterocycles. The van der Waals surface area contributed by atoms with Crippen LogP contribution in [0.2, 0.25) is 5.02 Å². The molecule has 1 aromatic heterocycles. The summed E-state index contributed by atoms with van der Waals surface area (Å²) in [6, 6.07) is 2.12. The van der Waals surface area contributed by atoms with Crippen LogP contribution < -0.4 is 0 Å². The van der Waals surface area contributed by atoms with Crippen molar-refractivity contribution in [2.24, 2.45) is 5.92 Å². The molecule has 0 bridgehead atoms. The van der Waals surface area contributed by atoms with Gasteiger partial charge in [0.1, 0.15) is 0 Å². The van der Waals surface area contributed by atoms with Gasteiger partial charge in [-0.3, -0.25) is 9.78 Å². The van der Waals surface area contributed by atoms with E-state index in [9.17, 15) is 4.79 Å². The highest BCUT2D eigenvalue weighted by Gasteiger charge is 2.29. The summed E-state index contributed by atoms with van der Waals surface area (Å²) in [5.74, 6) is 0.486. The van der Waals surface area contributed by atoms with E-state index in [1.54, 1.807) is 12.3 Å². The lowest BCUT2D eigenvalue weighted by atomic mass is 10.1. The highest BCUT2D eigenvalue weighted by Crippen LogP contribution is 2.27. The lowest BCUT2D eigenvalue weighted by Gasteiger charge is -2.31. The summed E-state index contributed by atoms with van der Waals surface area (Å²) in [6.45, 7) is 6.95. The average Bonchev–Trinajstić information content (AvgIpc) is 2.88. The Kier molecular flexibility index (Phi) is 5.03. The van der Waals surface area contributed by atoms with Gasteiger partial charge in [-0.15, -0.1) is 0 Å². The zero-order valence-corrected chi connectivity index (χ0v) is 13.3. The summed E-state index contributed by atoms with van der Waals surface area (Å²) in [6.07, 6.45) is 6.26. The number of carbonyl (C=O) groups excluding carboxylic acids is 1. The standard InChI is InChI=1S/C16H23ClN2O/c1-11(2)10-19(13-6-4-5-7-13)16(20)14-9-18-12(3)8-15(14)17/h8-9,11,13H,4-7,10H2,1-3H3. The largest absolute Gasteiger partial charge is 0.335 e. The Morgan fingerprint density at radius 1 is 1.45 bits per heavy atom. The van der Waals surface area contributed by atoms with Crippen LogP contribution in [0.1, 0.15) is 55.6 Å². The van der Waals surface area contributed by atoms with E-state index < -0.39 is 0 Å². The third kappa shape index (κ3) is 3.51. The van der Waals surface area contributed by atoms with Crippen molar-refractivity contribution in [1.82, 2.24) is 9.88 Å². The number of carbonyl (C=O) groups is 1. The first kappa shape index (κ1) is 15.3. The van der Waals surface area contributed by atoms with E-state index in [4.69, 9.17) is 11.6 Å². The van der Waals surface area contributed by atoms with Gasteiger partial charge in [0.2, 0.25) is 0 Å². The summed E-state index contributed by atoms with van der Waals surface area (Å²) in [7, 11) is 0. The molecule has 0 aliphatic heterocycles. The predicted molar refractivity (Wildman–Crippen MR) is 82.1 cm³/mol. The first-order chi connectivity index (χ1) is 9.49. The number of hydrogen-bond donors (Lipinski definition) is 0. The Hall–Kier alpha value is -1.09. The lowest BCUT2D eigenvalue weighted by molar-refractivity contribution is 0.0655. The molecule has 0 atom stereocenters. The maximum Gasteiger partial charge on any atom is 0.257 e. The van der Waals surface area contributed by atoms with Gasteiger partial charge < -0.3 is 4.90 Å². The molecule has 0 aromatic carbocycles. The number of aromatic nitrogens is 1. The molecule has 1 aliphatic carbocycles. The van der Waals surface area contributed by atoms with E-state index in [1.807, 2.05) is 11.8 Å². The summed E-state index contributed by atoms with van der Waals surface area (Å²) in [4.78, 5) is 19.0. The Labute approximate surface area is 126 Å². The molecule has 1 fully saturated rings. The minimum Gasteiger partial charge on any atom is -0.335 e. The quantitative estimate of drug-likeness (QED) is 0.838. The summed E-state index contributed by atoms with van der Waals surface area (Å²) < 4.78 is 0. The smallest absolute Gasteiger partial charge is 0.257 e. The first-order valence-electron chi connectivity index (χ1n) is 7.42. The average molecular weight is 295 g/mol. The number of pyridine rings is 1. The number of amides is 1. The fourth-order valence-electron chi connectivity index (χ4n) is 2.85. The second-order valence-corrected chi connectivity index (χ2v) is 6.50. The van der Waals surface area contributed by atoms with Crippen LogP contribution in [0.25, 0.3) is 0 Å². The fraction of sp³-hybridized carbons (Fsp3) is 0.625. The van der Waals surface area contributed by atoms with Crippen molar-refractivity contribution in [2.75, 3.05) is 6.54 Å². The molecule has 1 aliphatic rings. The second-order valence-electron chi connectivity index (χ2n) is 6.10. The van der Waals surface area contributed by atoms with Gasteiger partial charge in [-0.2, -0.15) is 0 Å². The molecular formula is C16H23ClN2O. The van der Waals surface area contributed by atoms with E-state index in [0.29, 0.717) is 22.5 Å². The van der Waals surface area contributed by atoms with Crippen LogP contribution >= 0.6 is 11.6 Å². The van der Waals surface area contributed by atoms with Gasteiger partial charge in [0.25, 0.3) is 5.91 Å². The van der Waals surface area contributed by atoms with Crippen LogP contribution in [0.15, 0.2) is 12.3 Å². The number of aryl methyl sites for hydroxylation is 1. The van der Waals surface area contributed by atoms with E-state index in [-0.39, 0.29) is 5.91 Å². The monoisotopic (exact) mass is 294 g/mol. The Morgan fingerprint density at radius 3 is 2.65 bits per heavy atom. The maximum atomic E-state index is 12.8. The molecule has 4 heteroatoms. The Morgan fingerprint density at radius 2 is 2.10 bits per heavy atom. The van der Waals surface area contributed by atoms with Crippen LogP contribution in [-0.2, 0) is 0 Å². The van der Waals surface area contributed by atoms with Gasteiger partial charge in [0.15, 0.2) is 0 Å². The van der Waals surface area contributed by atoms with Gasteiger partial charge in [0, 0.05) is 24.5 Å². The minimum absolute atomic E-state index is 0.0306. The molecule has 1 aromatic rings. The molecule has 0 N–H and O–H groups in total. The number of halogens is 1. The van der Waals surface area contributed by atoms with Crippen molar-refractivity contribution in [2.45, 2.75) is 52.5 Å². The Bertz CT molecular complexity index is 481. The number of hydrogen-bond acceptors (Lipinski definition) is 2. The van der Waals surface area contributed by atoms with Crippen LogP contribution in [0.4, 0.5) is 0 Å². The molecule has 3 nitrogen and oxygen atoms in total. The number of rotatable bonds is 4. The highest BCUT2D eigenvalue weighted by atomic mass is 35.5. The van der Waals surface area contributed by atoms with E-state index in [2.05, 4.69) is 18.8 Å². The zero-order valence-electron chi connectivity index (χ0n) is 12.5. The lowest BCUT2D eigenvalue weighted by Crippen LogP contribution is -2.41. The van der Waals surface area contributed by atoms with Crippen molar-refractivity contribution in [3.05, 3.63) is 28.5 Å². The van der Waals surface area contributed by atoms with Crippen LogP contribution in [0.3, 0.4) is 0 Å². The van der Waals surface area contributed by atoms with E-state index in [1.165, 1.54) is 12.8 Å². The van der Waals surface area contributed by atoms with Crippen molar-refractivity contribution >= 4 is 17.5 Å². The van der Waals surface area contributed by atoms with E-state index >= 15 is 0 Å². The van der Waals surface area contributed by atoms with Crippen LogP contribution in [0.5, 0.6) is 0 Å². The van der Waals surface area contributed by atoms with Gasteiger partial charge in [-0.05, 0) is 31.7 Å².